The third kappa shape index (κ3) is 3.68. The molecule has 1 unspecified atom stereocenters. The van der Waals surface area contributed by atoms with Gasteiger partial charge in [-0.3, -0.25) is 4.79 Å². The van der Waals surface area contributed by atoms with Crippen LogP contribution in [0.3, 0.4) is 0 Å². The van der Waals surface area contributed by atoms with Crippen LogP contribution >= 0.6 is 0 Å². The lowest BCUT2D eigenvalue weighted by Crippen LogP contribution is -2.36. The molecule has 0 aromatic heterocycles. The number of amides is 1. The predicted octanol–water partition coefficient (Wildman–Crippen LogP) is 0.611. The van der Waals surface area contributed by atoms with Crippen LogP contribution in [-0.2, 0) is 4.74 Å². The summed E-state index contributed by atoms with van der Waals surface area (Å²) in [6, 6.07) is 3.30. The Morgan fingerprint density at radius 1 is 1.56 bits per heavy atom. The molecule has 1 rings (SSSR count). The van der Waals surface area contributed by atoms with Crippen molar-refractivity contribution in [2.45, 2.75) is 6.10 Å². The molecule has 0 bridgehead atoms. The maximum absolute atomic E-state index is 13.5. The van der Waals surface area contributed by atoms with Crippen LogP contribution in [0.4, 0.5) is 4.39 Å². The molecule has 0 aliphatic rings. The number of rotatable bonds is 5. The number of phenolic OH excluding ortho intramolecular Hbond substituents is 1. The van der Waals surface area contributed by atoms with E-state index in [0.717, 1.165) is 6.07 Å². The average Bonchev–Trinajstić information content (AvgIpc) is 2.28. The molecule has 1 amide bonds. The molecule has 0 saturated carbocycles. The molecule has 0 radical (unpaired) electrons. The number of nitrogens with zero attached hydrogens (tertiary/aromatic N) is 1. The quantitative estimate of drug-likeness (QED) is 0.811. The molecule has 0 aliphatic carbocycles. The number of hydrogen-bond acceptors (Lipinski definition) is 4. The Balaban J connectivity index is 2.74. The maximum atomic E-state index is 13.5. The number of halogens is 1. The molecular weight excluding hydrogens is 241 g/mol. The number of likely N-dealkylation sites (N-methyl/N-ethyl adjacent to an activating group) is 1. The lowest BCUT2D eigenvalue weighted by Gasteiger charge is -2.20. The van der Waals surface area contributed by atoms with Gasteiger partial charge in [0.1, 0.15) is 11.6 Å². The molecule has 100 valence electrons. The van der Waals surface area contributed by atoms with Crippen molar-refractivity contribution in [1.82, 2.24) is 4.90 Å². The van der Waals surface area contributed by atoms with Crippen LogP contribution in [0.15, 0.2) is 18.2 Å². The topological polar surface area (TPSA) is 70.0 Å². The number of ether oxygens (including phenoxy) is 1. The fraction of sp³-hybridized carbons (Fsp3) is 0.417. The van der Waals surface area contributed by atoms with E-state index >= 15 is 0 Å². The Morgan fingerprint density at radius 3 is 2.78 bits per heavy atom. The number of aromatic hydroxyl groups is 1. The van der Waals surface area contributed by atoms with E-state index in [4.69, 9.17) is 9.84 Å². The largest absolute Gasteiger partial charge is 0.508 e. The lowest BCUT2D eigenvalue weighted by atomic mass is 10.1. The molecule has 0 saturated heterocycles. The number of aliphatic hydroxyl groups excluding tert-OH is 1. The van der Waals surface area contributed by atoms with E-state index < -0.39 is 17.8 Å². The zero-order valence-corrected chi connectivity index (χ0v) is 10.3. The van der Waals surface area contributed by atoms with Gasteiger partial charge in [-0.15, -0.1) is 0 Å². The van der Waals surface area contributed by atoms with Crippen molar-refractivity contribution in [3.05, 3.63) is 29.6 Å². The predicted molar refractivity (Wildman–Crippen MR) is 62.9 cm³/mol. The van der Waals surface area contributed by atoms with Gasteiger partial charge in [-0.2, -0.15) is 0 Å². The fourth-order valence-corrected chi connectivity index (χ4v) is 1.53. The molecule has 1 atom stereocenters. The third-order valence-electron chi connectivity index (χ3n) is 2.37. The summed E-state index contributed by atoms with van der Waals surface area (Å²) in [5.41, 5.74) is -0.153. The van der Waals surface area contributed by atoms with Gasteiger partial charge >= 0.3 is 0 Å². The zero-order chi connectivity index (χ0) is 13.7. The molecular formula is C12H16FNO4. The van der Waals surface area contributed by atoms with Crippen LogP contribution in [-0.4, -0.2) is 54.4 Å². The van der Waals surface area contributed by atoms with E-state index in [1.54, 1.807) is 0 Å². The third-order valence-corrected chi connectivity index (χ3v) is 2.37. The summed E-state index contributed by atoms with van der Waals surface area (Å²) in [5, 5.41) is 18.5. The van der Waals surface area contributed by atoms with E-state index in [1.165, 1.54) is 31.2 Å². The summed E-state index contributed by atoms with van der Waals surface area (Å²) in [6.45, 7) is 0.128. The van der Waals surface area contributed by atoms with Gasteiger partial charge in [0.05, 0.1) is 18.3 Å². The van der Waals surface area contributed by atoms with Crippen molar-refractivity contribution in [3.63, 3.8) is 0 Å². The van der Waals surface area contributed by atoms with Crippen LogP contribution < -0.4 is 0 Å². The van der Waals surface area contributed by atoms with Crippen molar-refractivity contribution in [2.75, 3.05) is 27.3 Å². The first-order valence-corrected chi connectivity index (χ1v) is 5.36. The van der Waals surface area contributed by atoms with E-state index in [1.807, 2.05) is 0 Å². The lowest BCUT2D eigenvalue weighted by molar-refractivity contribution is 0.0378. The van der Waals surface area contributed by atoms with E-state index in [-0.39, 0.29) is 24.5 Å². The van der Waals surface area contributed by atoms with Crippen molar-refractivity contribution in [2.24, 2.45) is 0 Å². The van der Waals surface area contributed by atoms with Crippen LogP contribution in [0.25, 0.3) is 0 Å². The summed E-state index contributed by atoms with van der Waals surface area (Å²) in [4.78, 5) is 13.1. The Hall–Kier alpha value is -1.66. The summed E-state index contributed by atoms with van der Waals surface area (Å²) in [7, 11) is 2.89. The number of carbonyl (C=O) groups is 1. The second kappa shape index (κ2) is 6.32. The zero-order valence-electron chi connectivity index (χ0n) is 10.3. The van der Waals surface area contributed by atoms with E-state index in [2.05, 4.69) is 0 Å². The molecule has 18 heavy (non-hydrogen) atoms. The maximum Gasteiger partial charge on any atom is 0.256 e. The Kier molecular flexibility index (Phi) is 5.06. The van der Waals surface area contributed by atoms with Gasteiger partial charge in [0.15, 0.2) is 0 Å². The Labute approximate surface area is 104 Å². The molecule has 2 N–H and O–H groups in total. The molecule has 0 heterocycles. The van der Waals surface area contributed by atoms with Gasteiger partial charge in [0.25, 0.3) is 5.91 Å². The Morgan fingerprint density at radius 2 is 2.22 bits per heavy atom. The number of aliphatic hydroxyl groups is 1. The second-order valence-corrected chi connectivity index (χ2v) is 3.96. The molecule has 0 aliphatic heterocycles. The van der Waals surface area contributed by atoms with Gasteiger partial charge in [0, 0.05) is 26.8 Å². The second-order valence-electron chi connectivity index (χ2n) is 3.96. The van der Waals surface area contributed by atoms with Crippen molar-refractivity contribution in [3.8, 4) is 5.75 Å². The summed E-state index contributed by atoms with van der Waals surface area (Å²) in [5.74, 6) is -1.61. The minimum atomic E-state index is -0.830. The monoisotopic (exact) mass is 257 g/mol. The van der Waals surface area contributed by atoms with E-state index in [9.17, 15) is 14.3 Å². The normalized spacial score (nSPS) is 12.2. The molecule has 5 nitrogen and oxygen atoms in total. The highest BCUT2D eigenvalue weighted by Gasteiger charge is 2.18. The molecule has 0 spiro atoms. The van der Waals surface area contributed by atoms with Crippen LogP contribution in [0.2, 0.25) is 0 Å². The van der Waals surface area contributed by atoms with Gasteiger partial charge in [-0.25, -0.2) is 4.39 Å². The van der Waals surface area contributed by atoms with Gasteiger partial charge in [0.2, 0.25) is 0 Å². The average molecular weight is 257 g/mol. The molecule has 1 aromatic carbocycles. The summed E-state index contributed by atoms with van der Waals surface area (Å²) < 4.78 is 18.2. The van der Waals surface area contributed by atoms with Crippen LogP contribution in [0.1, 0.15) is 10.4 Å². The Bertz CT molecular complexity index is 425. The highest BCUT2D eigenvalue weighted by molar-refractivity contribution is 5.94. The number of phenols is 1. The van der Waals surface area contributed by atoms with Crippen molar-refractivity contribution in [1.29, 1.82) is 0 Å². The molecule has 1 aromatic rings. The van der Waals surface area contributed by atoms with Crippen molar-refractivity contribution >= 4 is 5.91 Å². The molecule has 0 fully saturated rings. The van der Waals surface area contributed by atoms with Gasteiger partial charge in [-0.05, 0) is 12.1 Å². The smallest absolute Gasteiger partial charge is 0.256 e. The summed E-state index contributed by atoms with van der Waals surface area (Å²) in [6.07, 6.45) is -0.830. The highest BCUT2D eigenvalue weighted by atomic mass is 19.1. The van der Waals surface area contributed by atoms with Gasteiger partial charge in [-0.1, -0.05) is 0 Å². The highest BCUT2D eigenvalue weighted by Crippen LogP contribution is 2.16. The first kappa shape index (κ1) is 14.4. The van der Waals surface area contributed by atoms with Crippen molar-refractivity contribution < 1.29 is 24.1 Å². The minimum Gasteiger partial charge on any atom is -0.508 e. The first-order valence-electron chi connectivity index (χ1n) is 5.36. The van der Waals surface area contributed by atoms with Gasteiger partial charge < -0.3 is 19.8 Å². The number of hydrogen-bond donors (Lipinski definition) is 2. The number of benzene rings is 1. The number of methoxy groups -OCH3 is 1. The first-order chi connectivity index (χ1) is 8.45. The number of carbonyl (C=O) groups excluding carboxylic acids is 1. The summed E-state index contributed by atoms with van der Waals surface area (Å²) >= 11 is 0. The standard InChI is InChI=1S/C12H16FNO4/c1-14(6-9(16)7-18-2)12(17)10-4-3-8(15)5-11(10)13/h3-5,9,15-16H,6-7H2,1-2H3. The van der Waals surface area contributed by atoms with Crippen LogP contribution in [0.5, 0.6) is 5.75 Å². The van der Waals surface area contributed by atoms with Crippen LogP contribution in [0, 0.1) is 5.82 Å². The minimum absolute atomic E-state index is 0.0347. The molecule has 6 heteroatoms. The van der Waals surface area contributed by atoms with E-state index in [0.29, 0.717) is 0 Å². The fourth-order valence-electron chi connectivity index (χ4n) is 1.53. The SMILES string of the molecule is COCC(O)CN(C)C(=O)c1ccc(O)cc1F.